The molecule has 1 aromatic heterocycles. The van der Waals surface area contributed by atoms with Gasteiger partial charge in [0.2, 0.25) is 5.75 Å². The van der Waals surface area contributed by atoms with Gasteiger partial charge in [-0.05, 0) is 115 Å². The van der Waals surface area contributed by atoms with Crippen LogP contribution in [-0.4, -0.2) is 72.7 Å². The molecule has 3 N–H and O–H groups in total. The lowest BCUT2D eigenvalue weighted by atomic mass is 9.99. The number of hydrogen-bond acceptors (Lipinski definition) is 8. The molecule has 51 heavy (non-hydrogen) atoms. The van der Waals surface area contributed by atoms with E-state index in [4.69, 9.17) is 18.9 Å². The summed E-state index contributed by atoms with van der Waals surface area (Å²) in [6.07, 6.45) is 5.32. The predicted octanol–water partition coefficient (Wildman–Crippen LogP) is 8.03. The van der Waals surface area contributed by atoms with Gasteiger partial charge in [0.05, 0.1) is 34.1 Å². The number of likely N-dealkylation sites (N-methyl/N-ethyl adjacent to an activating group) is 1. The molecule has 0 aliphatic heterocycles. The summed E-state index contributed by atoms with van der Waals surface area (Å²) in [6, 6.07) is 21.1. The summed E-state index contributed by atoms with van der Waals surface area (Å²) in [6.45, 7) is 3.38. The van der Waals surface area contributed by atoms with Gasteiger partial charge in [0.15, 0.2) is 23.0 Å². The fraction of sp³-hybridized carbons (Fsp3) is 0.293. The molecule has 0 atom stereocenters. The van der Waals surface area contributed by atoms with Crippen LogP contribution in [0.5, 0.6) is 40.2 Å². The van der Waals surface area contributed by atoms with Gasteiger partial charge in [-0.3, -0.25) is 4.79 Å². The first-order valence-corrected chi connectivity index (χ1v) is 16.9. The van der Waals surface area contributed by atoms with Crippen molar-refractivity contribution in [1.29, 1.82) is 0 Å². The normalized spacial score (nSPS) is 11.5. The maximum atomic E-state index is 14.1. The van der Waals surface area contributed by atoms with Gasteiger partial charge in [-0.15, -0.1) is 0 Å². The minimum atomic E-state index is -0.198. The van der Waals surface area contributed by atoms with Gasteiger partial charge in [0.1, 0.15) is 11.5 Å². The van der Waals surface area contributed by atoms with Crippen molar-refractivity contribution >= 4 is 28.5 Å². The van der Waals surface area contributed by atoms with Crippen LogP contribution in [-0.2, 0) is 11.3 Å². The molecule has 5 rings (SSSR count). The van der Waals surface area contributed by atoms with E-state index in [9.17, 15) is 20.1 Å². The SMILES string of the molecule is COc1ccc(/C=C(/C(=O)N(C)CCCCCCn2c(-c3ccc(O)cc3)c(C)c3cc(O)ccc32)c2cc(OC)c(OC)c(OC)c2)cc1O. The maximum Gasteiger partial charge on any atom is 0.254 e. The number of benzene rings is 4. The minimum absolute atomic E-state index is 0.0345. The van der Waals surface area contributed by atoms with Crippen molar-refractivity contribution in [3.8, 4) is 51.5 Å². The molecular weight excluding hydrogens is 648 g/mol. The second kappa shape index (κ2) is 16.3. The van der Waals surface area contributed by atoms with E-state index in [0.29, 0.717) is 46.2 Å². The van der Waals surface area contributed by atoms with Crippen molar-refractivity contribution < 1.29 is 39.1 Å². The lowest BCUT2D eigenvalue weighted by Crippen LogP contribution is -2.28. The van der Waals surface area contributed by atoms with E-state index >= 15 is 0 Å². The third-order valence-corrected chi connectivity index (χ3v) is 9.13. The van der Waals surface area contributed by atoms with Crippen LogP contribution in [0, 0.1) is 6.92 Å². The maximum absolute atomic E-state index is 14.1. The monoisotopic (exact) mass is 694 g/mol. The van der Waals surface area contributed by atoms with E-state index < -0.39 is 0 Å². The van der Waals surface area contributed by atoms with Crippen molar-refractivity contribution in [3.05, 3.63) is 89.5 Å². The fourth-order valence-corrected chi connectivity index (χ4v) is 6.48. The first-order valence-electron chi connectivity index (χ1n) is 16.9. The number of nitrogens with zero attached hydrogens (tertiary/aromatic N) is 2. The number of aromatic hydroxyl groups is 3. The third-order valence-electron chi connectivity index (χ3n) is 9.13. The number of methoxy groups -OCH3 is 4. The molecule has 1 amide bonds. The Hall–Kier alpha value is -5.77. The zero-order valence-electron chi connectivity index (χ0n) is 30.0. The summed E-state index contributed by atoms with van der Waals surface area (Å²) >= 11 is 0. The molecule has 0 saturated heterocycles. The van der Waals surface area contributed by atoms with Crippen LogP contribution in [0.3, 0.4) is 0 Å². The largest absolute Gasteiger partial charge is 0.508 e. The number of hydrogen-bond donors (Lipinski definition) is 3. The summed E-state index contributed by atoms with van der Waals surface area (Å²) < 4.78 is 24.1. The standard InChI is InChI=1S/C41H46N2O8/c1-26-32-25-31(45)16-17-34(32)43(39(26)28-12-14-30(44)15-13-28)20-10-8-7-9-19-42(2)41(47)33(21-27-11-18-36(48-3)35(46)22-27)29-23-37(49-4)40(51-6)38(24-29)50-5/h11-18,21-25,44-46H,7-10,19-20H2,1-6H3/b33-21+. The number of phenolic OH excluding ortho intramolecular Hbond substituents is 3. The molecule has 4 aromatic carbocycles. The predicted molar refractivity (Wildman–Crippen MR) is 200 cm³/mol. The molecule has 10 heteroatoms. The fourth-order valence-electron chi connectivity index (χ4n) is 6.48. The van der Waals surface area contributed by atoms with Crippen LogP contribution < -0.4 is 18.9 Å². The minimum Gasteiger partial charge on any atom is -0.508 e. The van der Waals surface area contributed by atoms with E-state index in [1.54, 1.807) is 72.6 Å². The van der Waals surface area contributed by atoms with E-state index in [2.05, 4.69) is 11.5 Å². The van der Waals surface area contributed by atoms with Gasteiger partial charge in [0.25, 0.3) is 5.91 Å². The molecule has 0 spiro atoms. The van der Waals surface area contributed by atoms with Gasteiger partial charge in [0, 0.05) is 36.6 Å². The Bertz CT molecular complexity index is 2010. The number of unbranched alkanes of at least 4 members (excludes halogenated alkanes) is 3. The Morgan fingerprint density at radius 1 is 0.745 bits per heavy atom. The van der Waals surface area contributed by atoms with E-state index in [-0.39, 0.29) is 23.2 Å². The van der Waals surface area contributed by atoms with E-state index in [0.717, 1.165) is 60.0 Å². The lowest BCUT2D eigenvalue weighted by molar-refractivity contribution is -0.123. The van der Waals surface area contributed by atoms with Crippen LogP contribution in [0.2, 0.25) is 0 Å². The zero-order valence-corrected chi connectivity index (χ0v) is 30.0. The van der Waals surface area contributed by atoms with Gasteiger partial charge in [-0.2, -0.15) is 0 Å². The number of amides is 1. The highest BCUT2D eigenvalue weighted by molar-refractivity contribution is 6.24. The zero-order chi connectivity index (χ0) is 36.7. The number of fused-ring (bicyclic) bond motifs is 1. The molecule has 1 heterocycles. The Labute approximate surface area is 298 Å². The Morgan fingerprint density at radius 2 is 1.39 bits per heavy atom. The number of rotatable bonds is 15. The first kappa shape index (κ1) is 36.5. The van der Waals surface area contributed by atoms with Gasteiger partial charge in [-0.1, -0.05) is 18.9 Å². The van der Waals surface area contributed by atoms with E-state index in [1.807, 2.05) is 18.2 Å². The Morgan fingerprint density at radius 3 is 2.02 bits per heavy atom. The Balaban J connectivity index is 1.30. The molecule has 10 nitrogen and oxygen atoms in total. The Kier molecular flexibility index (Phi) is 11.7. The summed E-state index contributed by atoms with van der Waals surface area (Å²) in [5.41, 5.74) is 5.78. The summed E-state index contributed by atoms with van der Waals surface area (Å²) in [4.78, 5) is 15.8. The quantitative estimate of drug-likeness (QED) is 0.0572. The van der Waals surface area contributed by atoms with Crippen molar-refractivity contribution in [2.45, 2.75) is 39.2 Å². The number of phenols is 3. The van der Waals surface area contributed by atoms with Crippen LogP contribution in [0.4, 0.5) is 0 Å². The average molecular weight is 695 g/mol. The lowest BCUT2D eigenvalue weighted by Gasteiger charge is -2.21. The first-order chi connectivity index (χ1) is 24.6. The van der Waals surface area contributed by atoms with Gasteiger partial charge < -0.3 is 43.7 Å². The highest BCUT2D eigenvalue weighted by Gasteiger charge is 2.22. The number of carbonyl (C=O) groups is 1. The topological polar surface area (TPSA) is 123 Å². The van der Waals surface area contributed by atoms with Crippen LogP contribution in [0.1, 0.15) is 42.4 Å². The third kappa shape index (κ3) is 8.01. The molecule has 0 unspecified atom stereocenters. The highest BCUT2D eigenvalue weighted by atomic mass is 16.5. The van der Waals surface area contributed by atoms with Crippen LogP contribution in [0.25, 0.3) is 33.8 Å². The molecule has 0 radical (unpaired) electrons. The van der Waals surface area contributed by atoms with Crippen molar-refractivity contribution in [1.82, 2.24) is 9.47 Å². The molecule has 0 aliphatic carbocycles. The highest BCUT2D eigenvalue weighted by Crippen LogP contribution is 2.41. The van der Waals surface area contributed by atoms with E-state index in [1.165, 1.54) is 28.4 Å². The van der Waals surface area contributed by atoms with Gasteiger partial charge in [-0.25, -0.2) is 0 Å². The second-order valence-electron chi connectivity index (χ2n) is 12.4. The second-order valence-corrected chi connectivity index (χ2v) is 12.4. The van der Waals surface area contributed by atoms with Crippen molar-refractivity contribution in [2.24, 2.45) is 0 Å². The summed E-state index contributed by atoms with van der Waals surface area (Å²) in [5, 5.41) is 31.5. The van der Waals surface area contributed by atoms with Gasteiger partial charge >= 0.3 is 0 Å². The van der Waals surface area contributed by atoms with Crippen molar-refractivity contribution in [3.63, 3.8) is 0 Å². The molecule has 0 aliphatic rings. The molecule has 0 fully saturated rings. The average Bonchev–Trinajstić information content (AvgIpc) is 3.40. The molecule has 0 bridgehead atoms. The summed E-state index contributed by atoms with van der Waals surface area (Å²) in [5.74, 6) is 1.80. The van der Waals surface area contributed by atoms with Crippen LogP contribution in [0.15, 0.2) is 72.8 Å². The van der Waals surface area contributed by atoms with Crippen LogP contribution >= 0.6 is 0 Å². The molecule has 268 valence electrons. The number of aryl methyl sites for hydroxylation is 2. The molecule has 5 aromatic rings. The smallest absolute Gasteiger partial charge is 0.254 e. The van der Waals surface area contributed by atoms with Crippen molar-refractivity contribution in [2.75, 3.05) is 42.0 Å². The number of aromatic nitrogens is 1. The molecule has 0 saturated carbocycles. The number of ether oxygens (including phenoxy) is 4. The number of carbonyl (C=O) groups excluding carboxylic acids is 1. The summed E-state index contributed by atoms with van der Waals surface area (Å²) in [7, 11) is 7.85. The molecular formula is C41H46N2O8.